The fourth-order valence-corrected chi connectivity index (χ4v) is 4.40. The van der Waals surface area contributed by atoms with Gasteiger partial charge in [0.15, 0.2) is 0 Å². The molecule has 32 heavy (non-hydrogen) atoms. The molecule has 2 amide bonds. The summed E-state index contributed by atoms with van der Waals surface area (Å²) in [6.45, 7) is 6.90. The van der Waals surface area contributed by atoms with Crippen LogP contribution in [0.3, 0.4) is 0 Å². The van der Waals surface area contributed by atoms with Gasteiger partial charge in [-0.05, 0) is 57.2 Å². The smallest absolute Gasteiger partial charge is 0.410 e. The highest BCUT2D eigenvalue weighted by Crippen LogP contribution is 2.33. The Bertz CT molecular complexity index is 974. The summed E-state index contributed by atoms with van der Waals surface area (Å²) in [5.74, 6) is 0.197. The van der Waals surface area contributed by atoms with Crippen molar-refractivity contribution in [1.29, 1.82) is 0 Å². The van der Waals surface area contributed by atoms with Crippen molar-refractivity contribution in [2.75, 3.05) is 13.1 Å². The van der Waals surface area contributed by atoms with Gasteiger partial charge in [-0.15, -0.1) is 0 Å². The molecule has 0 saturated carbocycles. The van der Waals surface area contributed by atoms with Crippen LogP contribution in [-0.4, -0.2) is 52.4 Å². The Balaban J connectivity index is 1.51. The van der Waals surface area contributed by atoms with Crippen LogP contribution in [0.4, 0.5) is 4.79 Å². The second-order valence-electron chi connectivity index (χ2n) is 9.50. The number of likely N-dealkylation sites (tertiary alicyclic amines) is 1. The van der Waals surface area contributed by atoms with E-state index >= 15 is 0 Å². The molecule has 2 aliphatic heterocycles. The monoisotopic (exact) mass is 433 g/mol. The number of carbonyl (C=O) groups excluding carboxylic acids is 2. The van der Waals surface area contributed by atoms with Crippen LogP contribution in [-0.2, 0) is 4.74 Å². The van der Waals surface area contributed by atoms with Crippen LogP contribution in [0.1, 0.15) is 56.0 Å². The molecule has 0 spiro atoms. The summed E-state index contributed by atoms with van der Waals surface area (Å²) in [6, 6.07) is 19.4. The largest absolute Gasteiger partial charge is 0.444 e. The number of benzene rings is 2. The Kier molecular flexibility index (Phi) is 6.31. The van der Waals surface area contributed by atoms with Crippen molar-refractivity contribution < 1.29 is 14.3 Å². The minimum absolute atomic E-state index is 0.0151. The van der Waals surface area contributed by atoms with E-state index in [1.165, 1.54) is 0 Å². The number of hydrogen-bond acceptors (Lipinski definition) is 4. The average Bonchev–Trinajstić information content (AvgIpc) is 3.24. The van der Waals surface area contributed by atoms with Crippen LogP contribution in [0.25, 0.3) is 0 Å². The zero-order chi connectivity index (χ0) is 22.7. The minimum Gasteiger partial charge on any atom is -0.444 e. The van der Waals surface area contributed by atoms with Gasteiger partial charge in [-0.1, -0.05) is 48.5 Å². The van der Waals surface area contributed by atoms with E-state index in [-0.39, 0.29) is 24.0 Å². The van der Waals surface area contributed by atoms with Crippen LogP contribution in [0, 0.1) is 5.92 Å². The minimum atomic E-state index is -0.503. The molecule has 2 heterocycles. The first-order valence-electron chi connectivity index (χ1n) is 11.3. The molecule has 1 atom stereocenters. The summed E-state index contributed by atoms with van der Waals surface area (Å²) in [5.41, 5.74) is 2.12. The lowest BCUT2D eigenvalue weighted by Gasteiger charge is -2.37. The molecule has 0 N–H and O–H groups in total. The SMILES string of the molecule is CC(C)(C)OC(=O)N1CCC(C2CC(c3ccccc3)=NN2C(=O)c2ccccc2)CC1. The van der Waals surface area contributed by atoms with Gasteiger partial charge in [0.25, 0.3) is 5.91 Å². The molecule has 6 heteroatoms. The molecule has 2 aliphatic rings. The second-order valence-corrected chi connectivity index (χ2v) is 9.50. The molecule has 0 aliphatic carbocycles. The average molecular weight is 434 g/mol. The summed E-state index contributed by atoms with van der Waals surface area (Å²) in [4.78, 5) is 27.6. The van der Waals surface area contributed by atoms with Gasteiger partial charge >= 0.3 is 6.09 Å². The maximum Gasteiger partial charge on any atom is 0.410 e. The van der Waals surface area contributed by atoms with Gasteiger partial charge in [0, 0.05) is 25.1 Å². The normalized spacial score (nSPS) is 19.6. The third-order valence-electron chi connectivity index (χ3n) is 6.02. The van der Waals surface area contributed by atoms with Crippen molar-refractivity contribution in [3.05, 3.63) is 71.8 Å². The molecule has 4 rings (SSSR count). The third kappa shape index (κ3) is 5.01. The summed E-state index contributed by atoms with van der Waals surface area (Å²) >= 11 is 0. The van der Waals surface area contributed by atoms with Crippen molar-refractivity contribution in [2.24, 2.45) is 11.0 Å². The molecule has 0 radical (unpaired) electrons. The van der Waals surface area contributed by atoms with Gasteiger partial charge in [0.05, 0.1) is 11.8 Å². The van der Waals surface area contributed by atoms with Crippen molar-refractivity contribution in [2.45, 2.75) is 51.7 Å². The van der Waals surface area contributed by atoms with E-state index in [0.29, 0.717) is 18.7 Å². The Hall–Kier alpha value is -3.15. The quantitative estimate of drug-likeness (QED) is 0.688. The third-order valence-corrected chi connectivity index (χ3v) is 6.02. The van der Waals surface area contributed by atoms with Crippen LogP contribution in [0.2, 0.25) is 0 Å². The predicted molar refractivity (Wildman–Crippen MR) is 125 cm³/mol. The maximum absolute atomic E-state index is 13.3. The van der Waals surface area contributed by atoms with E-state index in [0.717, 1.165) is 30.5 Å². The lowest BCUT2D eigenvalue weighted by molar-refractivity contribution is 0.0136. The molecule has 2 aromatic carbocycles. The lowest BCUT2D eigenvalue weighted by Crippen LogP contribution is -2.46. The number of hydrazone groups is 1. The Morgan fingerprint density at radius 2 is 1.53 bits per heavy atom. The maximum atomic E-state index is 13.3. The summed E-state index contributed by atoms with van der Waals surface area (Å²) in [5, 5.41) is 6.48. The van der Waals surface area contributed by atoms with E-state index in [9.17, 15) is 9.59 Å². The van der Waals surface area contributed by atoms with Crippen molar-refractivity contribution in [3.63, 3.8) is 0 Å². The van der Waals surface area contributed by atoms with E-state index in [1.807, 2.05) is 81.4 Å². The van der Waals surface area contributed by atoms with E-state index in [1.54, 1.807) is 9.91 Å². The first-order valence-corrected chi connectivity index (χ1v) is 11.3. The van der Waals surface area contributed by atoms with Gasteiger partial charge in [-0.3, -0.25) is 4.79 Å². The molecule has 1 unspecified atom stereocenters. The number of amides is 2. The summed E-state index contributed by atoms with van der Waals surface area (Å²) < 4.78 is 5.53. The lowest BCUT2D eigenvalue weighted by atomic mass is 9.86. The Labute approximate surface area is 189 Å². The molecule has 0 aromatic heterocycles. The number of carbonyl (C=O) groups is 2. The van der Waals surface area contributed by atoms with Crippen LogP contribution >= 0.6 is 0 Å². The van der Waals surface area contributed by atoms with Crippen LogP contribution < -0.4 is 0 Å². The van der Waals surface area contributed by atoms with Crippen molar-refractivity contribution in [1.82, 2.24) is 9.91 Å². The van der Waals surface area contributed by atoms with E-state index < -0.39 is 5.60 Å². The van der Waals surface area contributed by atoms with Gasteiger partial charge < -0.3 is 9.64 Å². The van der Waals surface area contributed by atoms with Crippen LogP contribution in [0.5, 0.6) is 0 Å². The topological polar surface area (TPSA) is 62.2 Å². The van der Waals surface area contributed by atoms with Gasteiger partial charge in [0.2, 0.25) is 0 Å². The highest BCUT2D eigenvalue weighted by Gasteiger charge is 2.40. The Morgan fingerprint density at radius 3 is 2.12 bits per heavy atom. The molecule has 2 aromatic rings. The fourth-order valence-electron chi connectivity index (χ4n) is 4.40. The number of nitrogens with zero attached hydrogens (tertiary/aromatic N) is 3. The summed E-state index contributed by atoms with van der Waals surface area (Å²) in [6.07, 6.45) is 2.10. The van der Waals surface area contributed by atoms with Crippen molar-refractivity contribution in [3.8, 4) is 0 Å². The number of rotatable bonds is 3. The number of piperidine rings is 1. The predicted octanol–water partition coefficient (Wildman–Crippen LogP) is 4.95. The van der Waals surface area contributed by atoms with Crippen LogP contribution in [0.15, 0.2) is 65.8 Å². The molecule has 6 nitrogen and oxygen atoms in total. The molecule has 1 fully saturated rings. The molecule has 168 valence electrons. The highest BCUT2D eigenvalue weighted by atomic mass is 16.6. The van der Waals surface area contributed by atoms with Gasteiger partial charge in [-0.25, -0.2) is 9.80 Å². The first-order chi connectivity index (χ1) is 15.3. The molecule has 0 bridgehead atoms. The first kappa shape index (κ1) is 22.1. The number of hydrogen-bond donors (Lipinski definition) is 0. The van der Waals surface area contributed by atoms with Gasteiger partial charge in [-0.2, -0.15) is 5.10 Å². The number of ether oxygens (including phenoxy) is 1. The fraction of sp³-hybridized carbons (Fsp3) is 0.423. The van der Waals surface area contributed by atoms with E-state index in [2.05, 4.69) is 0 Å². The second kappa shape index (κ2) is 9.15. The summed E-state index contributed by atoms with van der Waals surface area (Å²) in [7, 11) is 0. The molecular weight excluding hydrogens is 402 g/mol. The van der Waals surface area contributed by atoms with Gasteiger partial charge in [0.1, 0.15) is 5.60 Å². The Morgan fingerprint density at radius 1 is 0.938 bits per heavy atom. The zero-order valence-corrected chi connectivity index (χ0v) is 19.0. The molecular formula is C26H31N3O3. The van der Waals surface area contributed by atoms with E-state index in [4.69, 9.17) is 9.84 Å². The molecule has 1 saturated heterocycles. The highest BCUT2D eigenvalue weighted by molar-refractivity contribution is 6.04. The zero-order valence-electron chi connectivity index (χ0n) is 19.0. The standard InChI is InChI=1S/C26H31N3O3/c1-26(2,3)32-25(31)28-16-14-20(15-17-28)23-18-22(19-10-6-4-7-11-19)27-29(23)24(30)21-12-8-5-9-13-21/h4-13,20,23H,14-18H2,1-3H3. The van der Waals surface area contributed by atoms with Crippen molar-refractivity contribution >= 4 is 17.7 Å².